The molecule has 0 saturated carbocycles. The van der Waals surface area contributed by atoms with Crippen LogP contribution in [-0.4, -0.2) is 62.1 Å². The molecule has 1 aromatic carbocycles. The van der Waals surface area contributed by atoms with Gasteiger partial charge < -0.3 is 14.5 Å². The lowest BCUT2D eigenvalue weighted by atomic mass is 10.0. The zero-order chi connectivity index (χ0) is 19.1. The summed E-state index contributed by atoms with van der Waals surface area (Å²) in [6.45, 7) is 7.27. The molecule has 148 valence electrons. The first-order valence-electron chi connectivity index (χ1n) is 10.3. The van der Waals surface area contributed by atoms with Gasteiger partial charge in [-0.15, -0.1) is 0 Å². The minimum atomic E-state index is 0.253. The van der Waals surface area contributed by atoms with Crippen LogP contribution in [0.25, 0.3) is 0 Å². The molecule has 5 heteroatoms. The van der Waals surface area contributed by atoms with Crippen molar-refractivity contribution in [1.82, 2.24) is 9.80 Å². The van der Waals surface area contributed by atoms with Gasteiger partial charge in [0.15, 0.2) is 0 Å². The third kappa shape index (κ3) is 5.25. The van der Waals surface area contributed by atoms with E-state index in [9.17, 15) is 4.79 Å². The summed E-state index contributed by atoms with van der Waals surface area (Å²) >= 11 is 0. The van der Waals surface area contributed by atoms with E-state index < -0.39 is 0 Å². The predicted octanol–water partition coefficient (Wildman–Crippen LogP) is 3.51. The lowest BCUT2D eigenvalue weighted by molar-refractivity contribution is -0.130. The van der Waals surface area contributed by atoms with E-state index in [1.165, 1.54) is 24.2 Å². The molecule has 0 bridgehead atoms. The Balaban J connectivity index is 1.55. The standard InChI is InChI=1S/C22H33N3O2/c1-3-25(20-8-5-4-6-9-20)22(26)18-23-14-7-15-24(17-16-23)19-10-12-21(27-2)13-11-19/h8,10-13H,3-7,9,14-18H2,1-2H3. The maximum absolute atomic E-state index is 12.9. The van der Waals surface area contributed by atoms with E-state index in [2.05, 4.69) is 34.9 Å². The molecule has 1 aromatic rings. The highest BCUT2D eigenvalue weighted by atomic mass is 16.5. The highest BCUT2D eigenvalue weighted by Crippen LogP contribution is 2.22. The van der Waals surface area contributed by atoms with Crippen LogP contribution in [0.1, 0.15) is 39.0 Å². The molecule has 0 spiro atoms. The number of benzene rings is 1. The number of carbonyl (C=O) groups is 1. The van der Waals surface area contributed by atoms with Gasteiger partial charge in [-0.2, -0.15) is 0 Å². The Morgan fingerprint density at radius 2 is 1.89 bits per heavy atom. The SMILES string of the molecule is CCN(C(=O)CN1CCCN(c2ccc(OC)cc2)CC1)C1=CCCCC1. The topological polar surface area (TPSA) is 36.0 Å². The van der Waals surface area contributed by atoms with E-state index in [-0.39, 0.29) is 5.91 Å². The van der Waals surface area contributed by atoms with Crippen LogP contribution in [0.2, 0.25) is 0 Å². The molecule has 5 nitrogen and oxygen atoms in total. The van der Waals surface area contributed by atoms with E-state index in [1.807, 2.05) is 17.0 Å². The average Bonchev–Trinajstić information content (AvgIpc) is 2.95. The highest BCUT2D eigenvalue weighted by Gasteiger charge is 2.22. The summed E-state index contributed by atoms with van der Waals surface area (Å²) in [5.74, 6) is 1.14. The van der Waals surface area contributed by atoms with Crippen LogP contribution in [-0.2, 0) is 4.79 Å². The fraction of sp³-hybridized carbons (Fsp3) is 0.591. The molecule has 1 amide bonds. The van der Waals surface area contributed by atoms with Gasteiger partial charge in [-0.05, 0) is 63.3 Å². The van der Waals surface area contributed by atoms with Crippen LogP contribution in [0.4, 0.5) is 5.69 Å². The molecule has 27 heavy (non-hydrogen) atoms. The Morgan fingerprint density at radius 3 is 2.56 bits per heavy atom. The number of methoxy groups -OCH3 is 1. The minimum absolute atomic E-state index is 0.253. The summed E-state index contributed by atoms with van der Waals surface area (Å²) in [6.07, 6.45) is 7.95. The minimum Gasteiger partial charge on any atom is -0.497 e. The van der Waals surface area contributed by atoms with Gasteiger partial charge in [0.1, 0.15) is 5.75 Å². The summed E-state index contributed by atoms with van der Waals surface area (Å²) in [7, 11) is 1.69. The second-order valence-corrected chi connectivity index (χ2v) is 7.39. The third-order valence-corrected chi connectivity index (χ3v) is 5.62. The molecule has 1 fully saturated rings. The maximum atomic E-state index is 12.9. The number of ether oxygens (including phenoxy) is 1. The first-order valence-corrected chi connectivity index (χ1v) is 10.3. The van der Waals surface area contributed by atoms with Crippen molar-refractivity contribution >= 4 is 11.6 Å². The summed E-state index contributed by atoms with van der Waals surface area (Å²) < 4.78 is 5.25. The predicted molar refractivity (Wildman–Crippen MR) is 110 cm³/mol. The number of amides is 1. The van der Waals surface area contributed by atoms with Crippen LogP contribution < -0.4 is 9.64 Å². The monoisotopic (exact) mass is 371 g/mol. The first kappa shape index (κ1) is 19.7. The molecule has 0 aromatic heterocycles. The molecule has 0 N–H and O–H groups in total. The summed E-state index contributed by atoms with van der Waals surface area (Å²) in [5, 5.41) is 0. The normalized spacial score (nSPS) is 18.6. The van der Waals surface area contributed by atoms with Crippen LogP contribution in [0.15, 0.2) is 36.0 Å². The number of carbonyl (C=O) groups excluding carboxylic acids is 1. The van der Waals surface area contributed by atoms with Gasteiger partial charge in [-0.1, -0.05) is 6.08 Å². The van der Waals surface area contributed by atoms with Crippen molar-refractivity contribution in [2.24, 2.45) is 0 Å². The molecule has 2 aliphatic rings. The zero-order valence-electron chi connectivity index (χ0n) is 16.8. The van der Waals surface area contributed by atoms with Gasteiger partial charge in [0.2, 0.25) is 5.91 Å². The van der Waals surface area contributed by atoms with E-state index in [4.69, 9.17) is 4.74 Å². The van der Waals surface area contributed by atoms with Gasteiger partial charge in [0, 0.05) is 44.1 Å². The molecular weight excluding hydrogens is 338 g/mol. The number of likely N-dealkylation sites (N-methyl/N-ethyl adjacent to an activating group) is 1. The van der Waals surface area contributed by atoms with Crippen molar-refractivity contribution in [2.75, 3.05) is 51.3 Å². The van der Waals surface area contributed by atoms with E-state index in [1.54, 1.807) is 7.11 Å². The number of allylic oxidation sites excluding steroid dienone is 2. The van der Waals surface area contributed by atoms with Crippen LogP contribution in [0, 0.1) is 0 Å². The number of nitrogens with zero attached hydrogens (tertiary/aromatic N) is 3. The Morgan fingerprint density at radius 1 is 1.07 bits per heavy atom. The van der Waals surface area contributed by atoms with E-state index in [0.29, 0.717) is 6.54 Å². The quantitative estimate of drug-likeness (QED) is 0.767. The lowest BCUT2D eigenvalue weighted by Gasteiger charge is -2.29. The van der Waals surface area contributed by atoms with Gasteiger partial charge >= 0.3 is 0 Å². The van der Waals surface area contributed by atoms with Crippen molar-refractivity contribution in [1.29, 1.82) is 0 Å². The summed E-state index contributed by atoms with van der Waals surface area (Å²) in [5.41, 5.74) is 2.47. The van der Waals surface area contributed by atoms with Gasteiger partial charge in [-0.25, -0.2) is 0 Å². The Bertz CT molecular complexity index is 641. The maximum Gasteiger partial charge on any atom is 0.240 e. The Labute approximate surface area is 163 Å². The van der Waals surface area contributed by atoms with Gasteiger partial charge in [0.25, 0.3) is 0 Å². The summed E-state index contributed by atoms with van der Waals surface area (Å²) in [4.78, 5) is 19.6. The number of hydrogen-bond acceptors (Lipinski definition) is 4. The van der Waals surface area contributed by atoms with Crippen LogP contribution in [0.5, 0.6) is 5.75 Å². The van der Waals surface area contributed by atoms with E-state index in [0.717, 1.165) is 57.7 Å². The zero-order valence-corrected chi connectivity index (χ0v) is 16.8. The molecule has 0 atom stereocenters. The van der Waals surface area contributed by atoms with Gasteiger partial charge in [-0.3, -0.25) is 9.69 Å². The summed E-state index contributed by atoms with van der Waals surface area (Å²) in [6, 6.07) is 8.26. The molecule has 3 rings (SSSR count). The number of anilines is 1. The second kappa shape index (κ2) is 9.79. The molecule has 0 unspecified atom stereocenters. The fourth-order valence-electron chi connectivity index (χ4n) is 4.06. The smallest absolute Gasteiger partial charge is 0.240 e. The second-order valence-electron chi connectivity index (χ2n) is 7.39. The van der Waals surface area contributed by atoms with Crippen molar-refractivity contribution in [3.05, 3.63) is 36.0 Å². The van der Waals surface area contributed by atoms with Crippen molar-refractivity contribution in [3.8, 4) is 5.75 Å². The van der Waals surface area contributed by atoms with E-state index >= 15 is 0 Å². The highest BCUT2D eigenvalue weighted by molar-refractivity contribution is 5.80. The fourth-order valence-corrected chi connectivity index (χ4v) is 4.06. The molecule has 0 radical (unpaired) electrons. The molecule has 1 aliphatic heterocycles. The largest absolute Gasteiger partial charge is 0.497 e. The number of hydrogen-bond donors (Lipinski definition) is 0. The average molecular weight is 372 g/mol. The number of rotatable bonds is 6. The Hall–Kier alpha value is -2.01. The van der Waals surface area contributed by atoms with Crippen molar-refractivity contribution < 1.29 is 9.53 Å². The molecule has 1 heterocycles. The first-order chi connectivity index (χ1) is 13.2. The van der Waals surface area contributed by atoms with Crippen molar-refractivity contribution in [3.63, 3.8) is 0 Å². The van der Waals surface area contributed by atoms with Crippen LogP contribution in [0.3, 0.4) is 0 Å². The van der Waals surface area contributed by atoms with Crippen LogP contribution >= 0.6 is 0 Å². The molecular formula is C22H33N3O2. The molecule has 1 aliphatic carbocycles. The third-order valence-electron chi connectivity index (χ3n) is 5.62. The molecule has 1 saturated heterocycles. The van der Waals surface area contributed by atoms with Gasteiger partial charge in [0.05, 0.1) is 13.7 Å². The van der Waals surface area contributed by atoms with Crippen molar-refractivity contribution in [2.45, 2.75) is 39.0 Å². The Kier molecular flexibility index (Phi) is 7.16. The lowest BCUT2D eigenvalue weighted by Crippen LogP contribution is -2.41.